The van der Waals surface area contributed by atoms with Gasteiger partial charge in [-0.1, -0.05) is 0 Å². The first kappa shape index (κ1) is 24.7. The second kappa shape index (κ2) is 11.3. The van der Waals surface area contributed by atoms with Crippen LogP contribution in [0, 0.1) is 11.6 Å². The van der Waals surface area contributed by atoms with Crippen molar-refractivity contribution in [3.8, 4) is 0 Å². The van der Waals surface area contributed by atoms with Gasteiger partial charge in [-0.15, -0.1) is 35.3 Å². The molecule has 0 radical (unpaired) electrons. The summed E-state index contributed by atoms with van der Waals surface area (Å²) >= 11 is 1.75. The molecule has 1 saturated heterocycles. The minimum atomic E-state index is -0.578. The lowest BCUT2D eigenvalue weighted by molar-refractivity contribution is -0.130. The van der Waals surface area contributed by atoms with Gasteiger partial charge in [-0.05, 0) is 48.9 Å². The molecule has 0 saturated carbocycles. The Labute approximate surface area is 208 Å². The number of aliphatic imine (C=N–C) groups is 1. The molecule has 1 atom stereocenters. The van der Waals surface area contributed by atoms with Crippen LogP contribution in [0.5, 0.6) is 0 Å². The standard InChI is InChI=1S/C22H27F2N5OS.HI/c1-2-25-22(26-12-21(30)29-9-6-20-15(13-29)7-10-31-20)27-17-5-8-28(14-17)19-4-3-16(23)11-18(19)24;/h3-4,7,10-11,17H,2,5-6,8-9,12-14H2,1H3,(H2,25,26,27);1H. The largest absolute Gasteiger partial charge is 0.367 e. The highest BCUT2D eigenvalue weighted by Crippen LogP contribution is 2.25. The number of guanidine groups is 1. The number of carbonyl (C=O) groups is 1. The first-order valence-electron chi connectivity index (χ1n) is 10.6. The van der Waals surface area contributed by atoms with Crippen molar-refractivity contribution in [3.63, 3.8) is 0 Å². The van der Waals surface area contributed by atoms with Crippen LogP contribution in [-0.4, -0.2) is 55.5 Å². The number of anilines is 1. The predicted octanol–water partition coefficient (Wildman–Crippen LogP) is 3.36. The Hall–Kier alpha value is -1.95. The highest BCUT2D eigenvalue weighted by molar-refractivity contribution is 14.0. The van der Waals surface area contributed by atoms with Gasteiger partial charge in [-0.25, -0.2) is 13.8 Å². The lowest BCUT2D eigenvalue weighted by Crippen LogP contribution is -2.45. The van der Waals surface area contributed by atoms with E-state index in [0.29, 0.717) is 37.8 Å². The maximum absolute atomic E-state index is 14.1. The number of nitrogens with zero attached hydrogens (tertiary/aromatic N) is 3. The van der Waals surface area contributed by atoms with Crippen LogP contribution in [0.25, 0.3) is 0 Å². The molecule has 2 aromatic rings. The van der Waals surface area contributed by atoms with E-state index in [1.165, 1.54) is 22.6 Å². The Kier molecular flexibility index (Phi) is 8.69. The molecule has 0 spiro atoms. The minimum absolute atomic E-state index is 0. The molecule has 1 fully saturated rings. The lowest BCUT2D eigenvalue weighted by atomic mass is 10.1. The first-order valence-corrected chi connectivity index (χ1v) is 11.5. The summed E-state index contributed by atoms with van der Waals surface area (Å²) in [5.74, 6) is -0.543. The fourth-order valence-electron chi connectivity index (χ4n) is 4.06. The molecule has 10 heteroatoms. The third-order valence-corrected chi connectivity index (χ3v) is 6.68. The van der Waals surface area contributed by atoms with Crippen LogP contribution in [0.4, 0.5) is 14.5 Å². The molecule has 2 N–H and O–H groups in total. The summed E-state index contributed by atoms with van der Waals surface area (Å²) in [7, 11) is 0. The van der Waals surface area contributed by atoms with Crippen LogP contribution in [0.1, 0.15) is 23.8 Å². The number of hydrogen-bond acceptors (Lipinski definition) is 4. The van der Waals surface area contributed by atoms with Gasteiger partial charge in [0.1, 0.15) is 18.2 Å². The van der Waals surface area contributed by atoms with Crippen molar-refractivity contribution < 1.29 is 13.6 Å². The van der Waals surface area contributed by atoms with Crippen molar-refractivity contribution in [2.24, 2.45) is 4.99 Å². The summed E-state index contributed by atoms with van der Waals surface area (Å²) in [5, 5.41) is 8.61. The van der Waals surface area contributed by atoms with Crippen molar-refractivity contribution in [1.29, 1.82) is 0 Å². The zero-order valence-corrected chi connectivity index (χ0v) is 21.1. The van der Waals surface area contributed by atoms with Crippen molar-refractivity contribution >= 4 is 52.9 Å². The fourth-order valence-corrected chi connectivity index (χ4v) is 4.95. The Morgan fingerprint density at radius 2 is 2.12 bits per heavy atom. The van der Waals surface area contributed by atoms with E-state index in [1.807, 2.05) is 16.7 Å². The van der Waals surface area contributed by atoms with Crippen molar-refractivity contribution in [2.75, 3.05) is 37.6 Å². The van der Waals surface area contributed by atoms with E-state index >= 15 is 0 Å². The summed E-state index contributed by atoms with van der Waals surface area (Å²) in [6, 6.07) is 5.80. The second-order valence-corrected chi connectivity index (χ2v) is 8.80. The van der Waals surface area contributed by atoms with Gasteiger partial charge in [0.25, 0.3) is 0 Å². The molecule has 1 aromatic carbocycles. The summed E-state index contributed by atoms with van der Waals surface area (Å²) < 4.78 is 27.3. The van der Waals surface area contributed by atoms with E-state index in [9.17, 15) is 13.6 Å². The van der Waals surface area contributed by atoms with Gasteiger partial charge < -0.3 is 20.4 Å². The average molecular weight is 575 g/mol. The molecule has 0 aliphatic carbocycles. The molecule has 174 valence electrons. The second-order valence-electron chi connectivity index (χ2n) is 7.80. The normalized spacial score (nSPS) is 18.2. The van der Waals surface area contributed by atoms with E-state index in [4.69, 9.17) is 0 Å². The number of halogens is 3. The quantitative estimate of drug-likeness (QED) is 0.326. The van der Waals surface area contributed by atoms with Crippen LogP contribution in [0.15, 0.2) is 34.6 Å². The van der Waals surface area contributed by atoms with Gasteiger partial charge in [-0.2, -0.15) is 0 Å². The number of fused-ring (bicyclic) bond motifs is 1. The smallest absolute Gasteiger partial charge is 0.244 e. The minimum Gasteiger partial charge on any atom is -0.367 e. The number of carbonyl (C=O) groups excluding carboxylic acids is 1. The van der Waals surface area contributed by atoms with Gasteiger partial charge in [0.05, 0.1) is 5.69 Å². The molecule has 1 aromatic heterocycles. The molecule has 1 unspecified atom stereocenters. The molecule has 2 aliphatic heterocycles. The fraction of sp³-hybridized carbons (Fsp3) is 0.455. The Morgan fingerprint density at radius 1 is 1.28 bits per heavy atom. The summed E-state index contributed by atoms with van der Waals surface area (Å²) in [6.45, 7) is 5.34. The first-order chi connectivity index (χ1) is 15.0. The van der Waals surface area contributed by atoms with Crippen LogP contribution >= 0.6 is 35.3 Å². The molecular formula is C22H28F2IN5OS. The molecule has 1 amide bonds. The number of benzene rings is 1. The molecule has 2 aliphatic rings. The van der Waals surface area contributed by atoms with E-state index in [0.717, 1.165) is 25.5 Å². The SMILES string of the molecule is CCNC(=NCC(=O)N1CCc2sccc2C1)NC1CCN(c2ccc(F)cc2F)C1.I. The molecule has 4 rings (SSSR count). The number of nitrogens with one attached hydrogen (secondary N) is 2. The lowest BCUT2D eigenvalue weighted by Gasteiger charge is -2.26. The Balaban J connectivity index is 0.00000289. The molecule has 6 nitrogen and oxygen atoms in total. The maximum Gasteiger partial charge on any atom is 0.244 e. The van der Waals surface area contributed by atoms with Crippen molar-refractivity contribution in [3.05, 3.63) is 51.7 Å². The molecular weight excluding hydrogens is 547 g/mol. The van der Waals surface area contributed by atoms with Crippen LogP contribution < -0.4 is 15.5 Å². The average Bonchev–Trinajstić information content (AvgIpc) is 3.40. The van der Waals surface area contributed by atoms with Crippen LogP contribution in [0.2, 0.25) is 0 Å². The van der Waals surface area contributed by atoms with Gasteiger partial charge in [0, 0.05) is 49.7 Å². The number of hydrogen-bond donors (Lipinski definition) is 2. The third-order valence-electron chi connectivity index (χ3n) is 5.66. The van der Waals surface area contributed by atoms with E-state index < -0.39 is 11.6 Å². The zero-order chi connectivity index (χ0) is 21.8. The Morgan fingerprint density at radius 3 is 2.91 bits per heavy atom. The third kappa shape index (κ3) is 5.89. The van der Waals surface area contributed by atoms with E-state index in [2.05, 4.69) is 27.1 Å². The van der Waals surface area contributed by atoms with Gasteiger partial charge in [0.15, 0.2) is 5.96 Å². The summed E-state index contributed by atoms with van der Waals surface area (Å²) in [4.78, 5) is 22.3. The monoisotopic (exact) mass is 575 g/mol. The molecule has 0 bridgehead atoms. The molecule has 32 heavy (non-hydrogen) atoms. The van der Waals surface area contributed by atoms with Crippen molar-refractivity contribution in [1.82, 2.24) is 15.5 Å². The molecule has 3 heterocycles. The highest BCUT2D eigenvalue weighted by Gasteiger charge is 2.26. The van der Waals surface area contributed by atoms with Crippen LogP contribution in [0.3, 0.4) is 0 Å². The van der Waals surface area contributed by atoms with Gasteiger partial charge in [-0.3, -0.25) is 4.79 Å². The van der Waals surface area contributed by atoms with E-state index in [-0.39, 0.29) is 42.5 Å². The van der Waals surface area contributed by atoms with Gasteiger partial charge >= 0.3 is 0 Å². The topological polar surface area (TPSA) is 60.0 Å². The predicted molar refractivity (Wildman–Crippen MR) is 135 cm³/mol. The number of amides is 1. The zero-order valence-electron chi connectivity index (χ0n) is 17.9. The maximum atomic E-state index is 14.1. The number of rotatable bonds is 5. The Bertz CT molecular complexity index is 970. The van der Waals surface area contributed by atoms with Crippen LogP contribution in [-0.2, 0) is 17.8 Å². The summed E-state index contributed by atoms with van der Waals surface area (Å²) in [6.07, 6.45) is 1.70. The summed E-state index contributed by atoms with van der Waals surface area (Å²) in [5.41, 5.74) is 1.64. The number of thiophene rings is 1. The van der Waals surface area contributed by atoms with Gasteiger partial charge in [0.2, 0.25) is 5.91 Å². The van der Waals surface area contributed by atoms with Crippen molar-refractivity contribution in [2.45, 2.75) is 32.4 Å². The van der Waals surface area contributed by atoms with E-state index in [1.54, 1.807) is 11.3 Å². The highest BCUT2D eigenvalue weighted by atomic mass is 127.